The van der Waals surface area contributed by atoms with Gasteiger partial charge in [0, 0.05) is 11.1 Å². The number of nitrogens with zero attached hydrogens (tertiary/aromatic N) is 4. The molecule has 0 aliphatic rings. The summed E-state index contributed by atoms with van der Waals surface area (Å²) >= 11 is 0. The van der Waals surface area contributed by atoms with E-state index in [9.17, 15) is 9.59 Å². The van der Waals surface area contributed by atoms with Crippen LogP contribution in [0.4, 0.5) is 5.69 Å². The second-order valence-corrected chi connectivity index (χ2v) is 6.41. The number of amides is 1. The average molecular weight is 361 g/mol. The Morgan fingerprint density at radius 2 is 1.96 bits per heavy atom. The maximum Gasteiger partial charge on any atom is 0.352 e. The maximum atomic E-state index is 12.6. The lowest BCUT2D eigenvalue weighted by Crippen LogP contribution is -2.28. The lowest BCUT2D eigenvalue weighted by Gasteiger charge is -2.09. The lowest BCUT2D eigenvalue weighted by atomic mass is 10.1. The molecule has 1 amide bonds. The van der Waals surface area contributed by atoms with Crippen LogP contribution in [0.2, 0.25) is 0 Å². The van der Waals surface area contributed by atoms with Gasteiger partial charge in [-0.05, 0) is 36.6 Å². The van der Waals surface area contributed by atoms with Gasteiger partial charge in [-0.15, -0.1) is 5.10 Å². The Morgan fingerprint density at radius 1 is 1.15 bits per heavy atom. The molecule has 0 aliphatic heterocycles. The Labute approximate surface area is 155 Å². The molecule has 0 bridgehead atoms. The molecule has 0 saturated carbocycles. The minimum absolute atomic E-state index is 0.161. The number of benzene rings is 2. The smallest absolute Gasteiger partial charge is 0.324 e. The van der Waals surface area contributed by atoms with Gasteiger partial charge in [0.1, 0.15) is 12.9 Å². The third-order valence-corrected chi connectivity index (χ3v) is 4.62. The maximum absolute atomic E-state index is 12.6. The second kappa shape index (κ2) is 6.68. The van der Waals surface area contributed by atoms with Crippen LogP contribution in [0.15, 0.2) is 53.6 Å². The highest BCUT2D eigenvalue weighted by Crippen LogP contribution is 2.18. The summed E-state index contributed by atoms with van der Waals surface area (Å²) in [5.74, 6) is -0.296. The quantitative estimate of drug-likeness (QED) is 0.606. The molecule has 1 N–H and O–H groups in total. The normalized spacial score (nSPS) is 11.2. The number of hydrogen-bond donors (Lipinski definition) is 1. The predicted molar refractivity (Wildman–Crippen MR) is 104 cm³/mol. The van der Waals surface area contributed by atoms with Crippen molar-refractivity contribution in [3.8, 4) is 0 Å². The fourth-order valence-electron chi connectivity index (χ4n) is 3.21. The summed E-state index contributed by atoms with van der Waals surface area (Å²) < 4.78 is 2.54. The largest absolute Gasteiger partial charge is 0.352 e. The van der Waals surface area contributed by atoms with E-state index < -0.39 is 0 Å². The number of carbonyl (C=O) groups excluding carboxylic acids is 1. The van der Waals surface area contributed by atoms with E-state index in [-0.39, 0.29) is 18.1 Å². The van der Waals surface area contributed by atoms with Crippen molar-refractivity contribution >= 4 is 28.1 Å². The van der Waals surface area contributed by atoms with Gasteiger partial charge in [-0.1, -0.05) is 37.3 Å². The molecule has 2 aromatic heterocycles. The van der Waals surface area contributed by atoms with Crippen molar-refractivity contribution in [3.05, 3.63) is 70.4 Å². The zero-order valence-corrected chi connectivity index (χ0v) is 15.1. The third kappa shape index (κ3) is 2.97. The molecule has 0 fully saturated rings. The molecule has 0 spiro atoms. The minimum atomic E-state index is -0.389. The monoisotopic (exact) mass is 361 g/mol. The topological polar surface area (TPSA) is 81.3 Å². The predicted octanol–water partition coefficient (Wildman–Crippen LogP) is 2.55. The first-order valence-corrected chi connectivity index (χ1v) is 8.79. The van der Waals surface area contributed by atoms with E-state index in [2.05, 4.69) is 15.4 Å². The Kier molecular flexibility index (Phi) is 4.19. The van der Waals surface area contributed by atoms with E-state index in [0.29, 0.717) is 5.65 Å². The third-order valence-electron chi connectivity index (χ3n) is 4.62. The molecular formula is C20H19N5O2. The minimum Gasteiger partial charge on any atom is -0.324 e. The second-order valence-electron chi connectivity index (χ2n) is 6.41. The zero-order chi connectivity index (χ0) is 19.0. The van der Waals surface area contributed by atoms with Gasteiger partial charge >= 0.3 is 5.69 Å². The average Bonchev–Trinajstić information content (AvgIpc) is 2.98. The van der Waals surface area contributed by atoms with Gasteiger partial charge in [-0.25, -0.2) is 18.9 Å². The molecule has 0 radical (unpaired) electrons. The number of aromatic nitrogens is 4. The number of rotatable bonds is 4. The SMILES string of the molecule is CCc1ccccc1NC(=O)Cn1nc2c3cccc(C)c3ncn2c1=O. The van der Waals surface area contributed by atoms with E-state index in [0.717, 1.165) is 34.1 Å². The number of nitrogens with one attached hydrogen (secondary N) is 1. The molecule has 0 saturated heterocycles. The van der Waals surface area contributed by atoms with Crippen LogP contribution in [0.1, 0.15) is 18.1 Å². The van der Waals surface area contributed by atoms with Crippen LogP contribution in [-0.4, -0.2) is 25.1 Å². The van der Waals surface area contributed by atoms with Gasteiger partial charge in [0.2, 0.25) is 5.91 Å². The molecule has 0 atom stereocenters. The molecule has 27 heavy (non-hydrogen) atoms. The zero-order valence-electron chi connectivity index (χ0n) is 15.1. The lowest BCUT2D eigenvalue weighted by molar-refractivity contribution is -0.117. The van der Waals surface area contributed by atoms with Crippen molar-refractivity contribution in [2.24, 2.45) is 0 Å². The van der Waals surface area contributed by atoms with Gasteiger partial charge in [0.05, 0.1) is 5.52 Å². The van der Waals surface area contributed by atoms with E-state index in [4.69, 9.17) is 0 Å². The highest BCUT2D eigenvalue weighted by Gasteiger charge is 2.14. The van der Waals surface area contributed by atoms with Crippen LogP contribution in [0, 0.1) is 6.92 Å². The van der Waals surface area contributed by atoms with E-state index in [1.165, 1.54) is 15.4 Å². The summed E-state index contributed by atoms with van der Waals surface area (Å²) in [6, 6.07) is 13.3. The van der Waals surface area contributed by atoms with Crippen molar-refractivity contribution in [2.75, 3.05) is 5.32 Å². The molecule has 2 heterocycles. The van der Waals surface area contributed by atoms with Gasteiger partial charge in [0.25, 0.3) is 0 Å². The number of hydrogen-bond acceptors (Lipinski definition) is 4. The Morgan fingerprint density at radius 3 is 2.78 bits per heavy atom. The van der Waals surface area contributed by atoms with Crippen LogP contribution in [0.3, 0.4) is 0 Å². The fraction of sp³-hybridized carbons (Fsp3) is 0.200. The van der Waals surface area contributed by atoms with Crippen molar-refractivity contribution < 1.29 is 4.79 Å². The summed E-state index contributed by atoms with van der Waals surface area (Å²) in [7, 11) is 0. The van der Waals surface area contributed by atoms with Gasteiger partial charge in [0.15, 0.2) is 5.65 Å². The first-order chi connectivity index (χ1) is 13.1. The molecule has 0 unspecified atom stereocenters. The number of anilines is 1. The van der Waals surface area contributed by atoms with E-state index in [1.807, 2.05) is 56.3 Å². The molecular weight excluding hydrogens is 342 g/mol. The van der Waals surface area contributed by atoms with E-state index in [1.54, 1.807) is 0 Å². The highest BCUT2D eigenvalue weighted by atomic mass is 16.2. The molecule has 2 aromatic carbocycles. The van der Waals surface area contributed by atoms with Gasteiger partial charge < -0.3 is 5.32 Å². The van der Waals surface area contributed by atoms with Gasteiger partial charge in [-0.2, -0.15) is 0 Å². The van der Waals surface area contributed by atoms with Crippen LogP contribution in [0.5, 0.6) is 0 Å². The molecule has 7 nitrogen and oxygen atoms in total. The molecule has 136 valence electrons. The van der Waals surface area contributed by atoms with Gasteiger partial charge in [-0.3, -0.25) is 4.79 Å². The van der Waals surface area contributed by atoms with E-state index >= 15 is 0 Å². The fourth-order valence-corrected chi connectivity index (χ4v) is 3.21. The number of para-hydroxylation sites is 2. The van der Waals surface area contributed by atoms with Crippen LogP contribution in [-0.2, 0) is 17.8 Å². The first kappa shape index (κ1) is 17.0. The van der Waals surface area contributed by atoms with Crippen molar-refractivity contribution in [2.45, 2.75) is 26.8 Å². The standard InChI is InChI=1S/C20H19N5O2/c1-3-14-8-4-5-10-16(14)22-17(26)11-25-20(27)24-12-21-18-13(2)7-6-9-15(18)19(24)23-25/h4-10,12H,3,11H2,1-2H3,(H,22,26). The first-order valence-electron chi connectivity index (χ1n) is 8.79. The molecule has 4 aromatic rings. The molecule has 7 heteroatoms. The summed E-state index contributed by atoms with van der Waals surface area (Å²) in [5.41, 5.74) is 3.70. The Hall–Kier alpha value is -3.48. The van der Waals surface area contributed by atoms with Crippen LogP contribution < -0.4 is 11.0 Å². The molecule has 4 rings (SSSR count). The Bertz CT molecular complexity index is 1220. The number of aryl methyl sites for hydroxylation is 2. The highest BCUT2D eigenvalue weighted by molar-refractivity contribution is 5.93. The molecule has 0 aliphatic carbocycles. The van der Waals surface area contributed by atoms with Crippen molar-refractivity contribution in [1.82, 2.24) is 19.2 Å². The summed E-state index contributed by atoms with van der Waals surface area (Å²) in [6.45, 7) is 3.82. The van der Waals surface area contributed by atoms with Crippen molar-refractivity contribution in [3.63, 3.8) is 0 Å². The number of carbonyl (C=O) groups is 1. The summed E-state index contributed by atoms with van der Waals surface area (Å²) in [5, 5.41) is 8.02. The Balaban J connectivity index is 1.69. The number of fused-ring (bicyclic) bond motifs is 3. The summed E-state index contributed by atoms with van der Waals surface area (Å²) in [4.78, 5) is 29.4. The van der Waals surface area contributed by atoms with Crippen LogP contribution in [0.25, 0.3) is 16.6 Å². The van der Waals surface area contributed by atoms with Crippen molar-refractivity contribution in [1.29, 1.82) is 0 Å². The van der Waals surface area contributed by atoms with Crippen LogP contribution >= 0.6 is 0 Å². The summed E-state index contributed by atoms with van der Waals surface area (Å²) in [6.07, 6.45) is 2.27.